The fourth-order valence-corrected chi connectivity index (χ4v) is 2.08. The molecule has 116 valence electrons. The Bertz CT molecular complexity index is 667. The van der Waals surface area contributed by atoms with E-state index in [1.807, 2.05) is 6.07 Å². The van der Waals surface area contributed by atoms with Crippen LogP contribution < -0.4 is 10.1 Å². The maximum atomic E-state index is 9.85. The van der Waals surface area contributed by atoms with Crippen LogP contribution in [-0.4, -0.2) is 24.4 Å². The molecule has 0 amide bonds. The molecule has 7 heteroatoms. The molecule has 0 saturated carbocycles. The third-order valence-corrected chi connectivity index (χ3v) is 3.60. The van der Waals surface area contributed by atoms with Gasteiger partial charge >= 0.3 is 0 Å². The Kier molecular flexibility index (Phi) is 6.10. The molecule has 2 N–H and O–H groups in total. The molecule has 5 nitrogen and oxygen atoms in total. The van der Waals surface area contributed by atoms with Crippen LogP contribution in [0, 0.1) is 11.3 Å². The highest BCUT2D eigenvalue weighted by Crippen LogP contribution is 2.31. The Balaban J connectivity index is 1.73. The molecule has 2 aromatic rings. The second-order valence-electron chi connectivity index (χ2n) is 4.53. The highest BCUT2D eigenvalue weighted by atomic mass is 35.5. The van der Waals surface area contributed by atoms with Gasteiger partial charge in [0.25, 0.3) is 0 Å². The summed E-state index contributed by atoms with van der Waals surface area (Å²) in [6, 6.07) is 10.3. The average Bonchev–Trinajstić information content (AvgIpc) is 2.97. The van der Waals surface area contributed by atoms with Gasteiger partial charge in [-0.05, 0) is 24.3 Å². The second-order valence-corrected chi connectivity index (χ2v) is 5.31. The van der Waals surface area contributed by atoms with Gasteiger partial charge in [-0.2, -0.15) is 5.26 Å². The van der Waals surface area contributed by atoms with Crippen LogP contribution in [0.2, 0.25) is 10.0 Å². The van der Waals surface area contributed by atoms with E-state index in [1.54, 1.807) is 30.3 Å². The molecular weight excluding hydrogens is 327 g/mol. The first-order valence-corrected chi connectivity index (χ1v) is 7.30. The predicted molar refractivity (Wildman–Crippen MR) is 83.1 cm³/mol. The number of halogens is 2. The lowest BCUT2D eigenvalue weighted by atomic mass is 10.3. The first-order valence-electron chi connectivity index (χ1n) is 6.54. The molecule has 0 spiro atoms. The van der Waals surface area contributed by atoms with Crippen molar-refractivity contribution in [3.8, 4) is 11.8 Å². The topological polar surface area (TPSA) is 78.4 Å². The van der Waals surface area contributed by atoms with Gasteiger partial charge in [0, 0.05) is 6.54 Å². The fourth-order valence-electron chi connectivity index (χ4n) is 1.74. The largest absolute Gasteiger partial charge is 0.489 e. The molecular formula is C15H14Cl2N2O3. The molecule has 0 aliphatic carbocycles. The van der Waals surface area contributed by atoms with E-state index in [9.17, 15) is 5.11 Å². The lowest BCUT2D eigenvalue weighted by Gasteiger charge is -2.14. The number of nitrogens with one attached hydrogen (secondary N) is 1. The first-order chi connectivity index (χ1) is 10.6. The van der Waals surface area contributed by atoms with Gasteiger partial charge in [-0.25, -0.2) is 0 Å². The number of furan rings is 1. The summed E-state index contributed by atoms with van der Waals surface area (Å²) >= 11 is 11.9. The Morgan fingerprint density at radius 3 is 2.86 bits per heavy atom. The first kappa shape index (κ1) is 16.7. The summed E-state index contributed by atoms with van der Waals surface area (Å²) in [5, 5.41) is 22.2. The van der Waals surface area contributed by atoms with E-state index in [2.05, 4.69) is 5.32 Å². The van der Waals surface area contributed by atoms with Gasteiger partial charge in [0.2, 0.25) is 5.76 Å². The van der Waals surface area contributed by atoms with Crippen molar-refractivity contribution in [3.05, 3.63) is 51.9 Å². The molecule has 0 radical (unpaired) electrons. The minimum atomic E-state index is -0.722. The highest BCUT2D eigenvalue weighted by molar-refractivity contribution is 6.42. The molecule has 1 heterocycles. The van der Waals surface area contributed by atoms with E-state index in [0.717, 1.165) is 0 Å². The molecule has 1 aromatic heterocycles. The summed E-state index contributed by atoms with van der Waals surface area (Å²) in [6.45, 7) is 0.798. The van der Waals surface area contributed by atoms with Gasteiger partial charge in [-0.1, -0.05) is 29.3 Å². The molecule has 1 atom stereocenters. The lowest BCUT2D eigenvalue weighted by Crippen LogP contribution is -2.31. The minimum absolute atomic E-state index is 0.0780. The third kappa shape index (κ3) is 4.65. The van der Waals surface area contributed by atoms with Crippen LogP contribution in [0.25, 0.3) is 0 Å². The zero-order chi connectivity index (χ0) is 15.9. The van der Waals surface area contributed by atoms with Gasteiger partial charge < -0.3 is 19.6 Å². The zero-order valence-corrected chi connectivity index (χ0v) is 13.1. The molecule has 0 saturated heterocycles. The summed E-state index contributed by atoms with van der Waals surface area (Å²) in [5.74, 6) is 1.32. The number of aliphatic hydroxyl groups is 1. The van der Waals surface area contributed by atoms with E-state index >= 15 is 0 Å². The van der Waals surface area contributed by atoms with Gasteiger partial charge in [0.15, 0.2) is 0 Å². The van der Waals surface area contributed by atoms with Gasteiger partial charge in [-0.3, -0.25) is 0 Å². The fraction of sp³-hybridized carbons (Fsp3) is 0.267. The number of nitriles is 1. The van der Waals surface area contributed by atoms with Crippen molar-refractivity contribution in [1.29, 1.82) is 5.26 Å². The van der Waals surface area contributed by atoms with Crippen molar-refractivity contribution in [2.45, 2.75) is 12.6 Å². The van der Waals surface area contributed by atoms with Crippen LogP contribution in [0.4, 0.5) is 0 Å². The quantitative estimate of drug-likeness (QED) is 0.809. The molecule has 0 aliphatic heterocycles. The predicted octanol–water partition coefficient (Wildman–Crippen LogP) is 2.99. The standard InChI is InChI=1S/C15H14Cl2N2O3/c16-13-2-1-3-14(15(13)17)21-9-10(20)7-19-8-12-5-4-11(6-18)22-12/h1-5,10,19-20H,7-9H2. The SMILES string of the molecule is N#Cc1ccc(CNCC(O)COc2cccc(Cl)c2Cl)o1. The summed E-state index contributed by atoms with van der Waals surface area (Å²) in [7, 11) is 0. The van der Waals surface area contributed by atoms with Crippen molar-refractivity contribution in [2.75, 3.05) is 13.2 Å². The van der Waals surface area contributed by atoms with Crippen molar-refractivity contribution >= 4 is 23.2 Å². The van der Waals surface area contributed by atoms with Crippen LogP contribution in [-0.2, 0) is 6.54 Å². The molecule has 1 unspecified atom stereocenters. The number of benzene rings is 1. The van der Waals surface area contributed by atoms with E-state index in [0.29, 0.717) is 34.6 Å². The maximum absolute atomic E-state index is 9.85. The molecule has 22 heavy (non-hydrogen) atoms. The Morgan fingerprint density at radius 2 is 2.14 bits per heavy atom. The Labute approximate surface area is 138 Å². The van der Waals surface area contributed by atoms with E-state index in [-0.39, 0.29) is 12.4 Å². The van der Waals surface area contributed by atoms with Crippen LogP contribution in [0.15, 0.2) is 34.7 Å². The summed E-state index contributed by atoms with van der Waals surface area (Å²) in [6.07, 6.45) is -0.722. The zero-order valence-electron chi connectivity index (χ0n) is 11.6. The van der Waals surface area contributed by atoms with Crippen molar-refractivity contribution < 1.29 is 14.3 Å². The Hall–Kier alpha value is -1.71. The lowest BCUT2D eigenvalue weighted by molar-refractivity contribution is 0.106. The smallest absolute Gasteiger partial charge is 0.203 e. The van der Waals surface area contributed by atoms with Crippen LogP contribution >= 0.6 is 23.2 Å². The average molecular weight is 341 g/mol. The normalized spacial score (nSPS) is 11.9. The van der Waals surface area contributed by atoms with Crippen molar-refractivity contribution in [2.24, 2.45) is 0 Å². The Morgan fingerprint density at radius 1 is 1.32 bits per heavy atom. The van der Waals surface area contributed by atoms with E-state index < -0.39 is 6.10 Å². The molecule has 0 fully saturated rings. The minimum Gasteiger partial charge on any atom is -0.489 e. The third-order valence-electron chi connectivity index (χ3n) is 2.80. The monoisotopic (exact) mass is 340 g/mol. The maximum Gasteiger partial charge on any atom is 0.203 e. The number of hydrogen-bond donors (Lipinski definition) is 2. The van der Waals surface area contributed by atoms with E-state index in [1.165, 1.54) is 0 Å². The number of ether oxygens (including phenoxy) is 1. The summed E-state index contributed by atoms with van der Waals surface area (Å²) in [4.78, 5) is 0. The van der Waals surface area contributed by atoms with Gasteiger partial charge in [0.05, 0.1) is 11.6 Å². The second kappa shape index (κ2) is 8.06. The van der Waals surface area contributed by atoms with Crippen LogP contribution in [0.3, 0.4) is 0 Å². The molecule has 0 bridgehead atoms. The van der Waals surface area contributed by atoms with Gasteiger partial charge in [0.1, 0.15) is 35.3 Å². The number of aliphatic hydroxyl groups excluding tert-OH is 1. The summed E-state index contributed by atoms with van der Waals surface area (Å²) < 4.78 is 10.6. The number of nitrogens with zero attached hydrogens (tertiary/aromatic N) is 1. The number of rotatable bonds is 7. The van der Waals surface area contributed by atoms with Gasteiger partial charge in [-0.15, -0.1) is 0 Å². The van der Waals surface area contributed by atoms with Crippen LogP contribution in [0.1, 0.15) is 11.5 Å². The molecule has 0 aliphatic rings. The molecule has 1 aromatic carbocycles. The van der Waals surface area contributed by atoms with Crippen molar-refractivity contribution in [1.82, 2.24) is 5.32 Å². The summed E-state index contributed by atoms with van der Waals surface area (Å²) in [5.41, 5.74) is 0. The number of hydrogen-bond acceptors (Lipinski definition) is 5. The highest BCUT2D eigenvalue weighted by Gasteiger charge is 2.09. The van der Waals surface area contributed by atoms with Crippen LogP contribution in [0.5, 0.6) is 5.75 Å². The van der Waals surface area contributed by atoms with Crippen molar-refractivity contribution in [3.63, 3.8) is 0 Å². The van der Waals surface area contributed by atoms with E-state index in [4.69, 9.17) is 37.6 Å². The molecule has 2 rings (SSSR count).